The molecule has 1 aromatic carbocycles. The number of hydrogen-bond acceptors (Lipinski definition) is 5. The third-order valence-electron chi connectivity index (χ3n) is 1.75. The third-order valence-corrected chi connectivity index (χ3v) is 1.75. The number of nitrogens with two attached hydrogens (primary N) is 1. The molecule has 0 aliphatic carbocycles. The number of amides is 1. The highest BCUT2D eigenvalue weighted by molar-refractivity contribution is 5.79. The number of ether oxygens (including phenoxy) is 1. The Morgan fingerprint density at radius 2 is 2.19 bits per heavy atom. The molecule has 0 spiro atoms. The number of oxime groups is 1. The minimum absolute atomic E-state index is 0.205. The molecule has 6 heteroatoms. The van der Waals surface area contributed by atoms with E-state index >= 15 is 0 Å². The normalized spacial score (nSPS) is 10.1. The van der Waals surface area contributed by atoms with Crippen molar-refractivity contribution in [2.75, 3.05) is 13.7 Å². The van der Waals surface area contributed by atoms with E-state index in [4.69, 9.17) is 15.4 Å². The molecule has 0 unspecified atom stereocenters. The van der Waals surface area contributed by atoms with Crippen LogP contribution in [0.5, 0.6) is 5.75 Å². The quantitative estimate of drug-likeness (QED) is 0.319. The molecule has 0 aromatic heterocycles. The number of methoxy groups -OCH3 is 1. The number of nitrogens with zero attached hydrogens (tertiary/aromatic N) is 1. The molecule has 0 saturated heterocycles. The van der Waals surface area contributed by atoms with Gasteiger partial charge in [-0.05, 0) is 29.8 Å². The van der Waals surface area contributed by atoms with Crippen molar-refractivity contribution in [1.29, 1.82) is 0 Å². The van der Waals surface area contributed by atoms with Gasteiger partial charge in [0.2, 0.25) is 0 Å². The SMILES string of the molecule is COc1ccc(C=NOCC(=O)NN)cc1. The molecule has 1 amide bonds. The number of carbonyl (C=O) groups excluding carboxylic acids is 1. The Kier molecular flexibility index (Phi) is 4.81. The van der Waals surface area contributed by atoms with Gasteiger partial charge in [-0.15, -0.1) is 0 Å². The lowest BCUT2D eigenvalue weighted by molar-refractivity contribution is -0.125. The molecule has 1 aromatic rings. The van der Waals surface area contributed by atoms with E-state index in [9.17, 15) is 4.79 Å². The van der Waals surface area contributed by atoms with Crippen LogP contribution in [-0.2, 0) is 9.63 Å². The predicted octanol–water partition coefficient (Wildman–Crippen LogP) is 0.0356. The van der Waals surface area contributed by atoms with Gasteiger partial charge in [-0.25, -0.2) is 5.84 Å². The predicted molar refractivity (Wildman–Crippen MR) is 58.9 cm³/mol. The van der Waals surface area contributed by atoms with Crippen LogP contribution in [0.25, 0.3) is 0 Å². The Balaban J connectivity index is 2.40. The molecule has 0 aliphatic heterocycles. The van der Waals surface area contributed by atoms with Crippen molar-refractivity contribution in [2.45, 2.75) is 0 Å². The van der Waals surface area contributed by atoms with Crippen LogP contribution in [0.1, 0.15) is 5.56 Å². The van der Waals surface area contributed by atoms with Crippen molar-refractivity contribution < 1.29 is 14.4 Å². The van der Waals surface area contributed by atoms with Crippen LogP contribution in [-0.4, -0.2) is 25.8 Å². The zero-order valence-electron chi connectivity index (χ0n) is 8.84. The van der Waals surface area contributed by atoms with Gasteiger partial charge in [0.15, 0.2) is 6.61 Å². The molecule has 0 bridgehead atoms. The van der Waals surface area contributed by atoms with Crippen molar-refractivity contribution in [3.63, 3.8) is 0 Å². The van der Waals surface area contributed by atoms with Crippen molar-refractivity contribution in [3.8, 4) is 5.75 Å². The van der Waals surface area contributed by atoms with Gasteiger partial charge < -0.3 is 9.57 Å². The largest absolute Gasteiger partial charge is 0.497 e. The fraction of sp³-hybridized carbons (Fsp3) is 0.200. The molecular formula is C10H13N3O3. The first-order valence-electron chi connectivity index (χ1n) is 4.55. The van der Waals surface area contributed by atoms with Gasteiger partial charge in [0.05, 0.1) is 13.3 Å². The monoisotopic (exact) mass is 223 g/mol. The van der Waals surface area contributed by atoms with E-state index in [-0.39, 0.29) is 6.61 Å². The standard InChI is InChI=1S/C10H13N3O3/c1-15-9-4-2-8(3-5-9)6-12-16-7-10(14)13-11/h2-6H,7,11H2,1H3,(H,13,14). The summed E-state index contributed by atoms with van der Waals surface area (Å²) < 4.78 is 5.00. The van der Waals surface area contributed by atoms with E-state index in [0.717, 1.165) is 11.3 Å². The molecule has 0 radical (unpaired) electrons. The van der Waals surface area contributed by atoms with Crippen LogP contribution in [0.2, 0.25) is 0 Å². The zero-order chi connectivity index (χ0) is 11.8. The summed E-state index contributed by atoms with van der Waals surface area (Å²) in [5, 5.41) is 3.60. The summed E-state index contributed by atoms with van der Waals surface area (Å²) in [4.78, 5) is 15.3. The molecule has 0 fully saturated rings. The van der Waals surface area contributed by atoms with Gasteiger partial charge in [0.25, 0.3) is 5.91 Å². The third kappa shape index (κ3) is 3.97. The number of rotatable bonds is 5. The first-order chi connectivity index (χ1) is 7.76. The van der Waals surface area contributed by atoms with Crippen LogP contribution in [0, 0.1) is 0 Å². The van der Waals surface area contributed by atoms with Crippen LogP contribution >= 0.6 is 0 Å². The maximum atomic E-state index is 10.7. The average molecular weight is 223 g/mol. The van der Waals surface area contributed by atoms with Crippen molar-refractivity contribution in [1.82, 2.24) is 5.43 Å². The molecule has 0 atom stereocenters. The van der Waals surface area contributed by atoms with Gasteiger partial charge >= 0.3 is 0 Å². The second-order valence-corrected chi connectivity index (χ2v) is 2.85. The minimum atomic E-state index is -0.438. The van der Waals surface area contributed by atoms with Crippen molar-refractivity contribution in [2.24, 2.45) is 11.0 Å². The van der Waals surface area contributed by atoms with Gasteiger partial charge in [0, 0.05) is 0 Å². The Hall–Kier alpha value is -2.08. The first kappa shape index (κ1) is 12.0. The average Bonchev–Trinajstić information content (AvgIpc) is 2.35. The van der Waals surface area contributed by atoms with Gasteiger partial charge in [-0.1, -0.05) is 5.16 Å². The molecule has 1 rings (SSSR count). The van der Waals surface area contributed by atoms with Crippen LogP contribution in [0.15, 0.2) is 29.4 Å². The number of benzene rings is 1. The number of carbonyl (C=O) groups is 1. The highest BCUT2D eigenvalue weighted by atomic mass is 16.6. The van der Waals surface area contributed by atoms with Gasteiger partial charge in [0.1, 0.15) is 5.75 Å². The van der Waals surface area contributed by atoms with Crippen LogP contribution < -0.4 is 16.0 Å². The van der Waals surface area contributed by atoms with Gasteiger partial charge in [-0.3, -0.25) is 10.2 Å². The summed E-state index contributed by atoms with van der Waals surface area (Å²) in [6.07, 6.45) is 1.49. The molecule has 0 saturated carbocycles. The fourth-order valence-electron chi connectivity index (χ4n) is 0.926. The van der Waals surface area contributed by atoms with Crippen molar-refractivity contribution >= 4 is 12.1 Å². The highest BCUT2D eigenvalue weighted by Crippen LogP contribution is 2.09. The molecule has 6 nitrogen and oxygen atoms in total. The summed E-state index contributed by atoms with van der Waals surface area (Å²) in [5.41, 5.74) is 2.77. The summed E-state index contributed by atoms with van der Waals surface area (Å²) in [7, 11) is 1.59. The number of hydrazine groups is 1. The Labute approximate surface area is 93.0 Å². The summed E-state index contributed by atoms with van der Waals surface area (Å²) in [6.45, 7) is -0.205. The summed E-state index contributed by atoms with van der Waals surface area (Å²) >= 11 is 0. The molecule has 0 aliphatic rings. The van der Waals surface area contributed by atoms with Crippen LogP contribution in [0.3, 0.4) is 0 Å². The topological polar surface area (TPSA) is 85.9 Å². The number of nitrogens with one attached hydrogen (secondary N) is 1. The van der Waals surface area contributed by atoms with E-state index in [1.54, 1.807) is 19.2 Å². The Bertz CT molecular complexity index is 362. The minimum Gasteiger partial charge on any atom is -0.497 e. The molecular weight excluding hydrogens is 210 g/mol. The second kappa shape index (κ2) is 6.41. The maximum absolute atomic E-state index is 10.7. The van der Waals surface area contributed by atoms with Crippen molar-refractivity contribution in [3.05, 3.63) is 29.8 Å². The van der Waals surface area contributed by atoms with E-state index in [1.807, 2.05) is 17.6 Å². The lowest BCUT2D eigenvalue weighted by Crippen LogP contribution is -2.32. The first-order valence-corrected chi connectivity index (χ1v) is 4.55. The lowest BCUT2D eigenvalue weighted by Gasteiger charge is -1.99. The van der Waals surface area contributed by atoms with E-state index in [2.05, 4.69) is 5.16 Å². The lowest BCUT2D eigenvalue weighted by atomic mass is 10.2. The van der Waals surface area contributed by atoms with Crippen LogP contribution in [0.4, 0.5) is 0 Å². The second-order valence-electron chi connectivity index (χ2n) is 2.85. The summed E-state index contributed by atoms with van der Waals surface area (Å²) in [5.74, 6) is 5.18. The smallest absolute Gasteiger partial charge is 0.274 e. The molecule has 3 N–H and O–H groups in total. The molecule has 0 heterocycles. The van der Waals surface area contributed by atoms with E-state index in [1.165, 1.54) is 6.21 Å². The number of hydrogen-bond donors (Lipinski definition) is 2. The summed E-state index contributed by atoms with van der Waals surface area (Å²) in [6, 6.07) is 7.23. The van der Waals surface area contributed by atoms with Gasteiger partial charge in [-0.2, -0.15) is 0 Å². The fourth-order valence-corrected chi connectivity index (χ4v) is 0.926. The van der Waals surface area contributed by atoms with E-state index in [0.29, 0.717) is 0 Å². The zero-order valence-corrected chi connectivity index (χ0v) is 8.84. The maximum Gasteiger partial charge on any atom is 0.274 e. The Morgan fingerprint density at radius 3 is 2.75 bits per heavy atom. The Morgan fingerprint density at radius 1 is 1.50 bits per heavy atom. The molecule has 86 valence electrons. The van der Waals surface area contributed by atoms with E-state index < -0.39 is 5.91 Å². The molecule has 16 heavy (non-hydrogen) atoms. The highest BCUT2D eigenvalue weighted by Gasteiger charge is 1.95.